The van der Waals surface area contributed by atoms with Crippen LogP contribution in [0.1, 0.15) is 28.4 Å². The number of carboxylic acids is 1. The minimum atomic E-state index is -1.05. The zero-order chi connectivity index (χ0) is 29.5. The van der Waals surface area contributed by atoms with Crippen LogP contribution in [0.2, 0.25) is 5.02 Å². The number of hydrogen-bond donors (Lipinski definition) is 2. The van der Waals surface area contributed by atoms with Crippen molar-refractivity contribution in [2.45, 2.75) is 13.5 Å². The first-order chi connectivity index (χ1) is 19.7. The molecule has 2 N–H and O–H groups in total. The number of rotatable bonds is 11. The molecule has 0 spiro atoms. The Kier molecular flexibility index (Phi) is 9.53. The maximum atomic E-state index is 13.0. The van der Waals surface area contributed by atoms with E-state index in [2.05, 4.69) is 5.32 Å². The molecule has 0 bridgehead atoms. The fourth-order valence-electron chi connectivity index (χ4n) is 3.83. The molecule has 1 aliphatic heterocycles. The molecule has 10 nitrogen and oxygen atoms in total. The fourth-order valence-corrected chi connectivity index (χ4v) is 4.94. The number of nitrogens with one attached hydrogen (secondary N) is 1. The van der Waals surface area contributed by atoms with Crippen LogP contribution in [0.5, 0.6) is 17.2 Å². The van der Waals surface area contributed by atoms with E-state index in [1.807, 2.05) is 0 Å². The first kappa shape index (κ1) is 29.5. The van der Waals surface area contributed by atoms with Crippen LogP contribution in [0.3, 0.4) is 0 Å². The van der Waals surface area contributed by atoms with Crippen molar-refractivity contribution in [2.75, 3.05) is 25.6 Å². The largest absolute Gasteiger partial charge is 0.497 e. The number of nitrogens with zero attached hydrogens (tertiary/aromatic N) is 1. The quantitative estimate of drug-likeness (QED) is 0.268. The molecule has 41 heavy (non-hydrogen) atoms. The molecule has 1 saturated heterocycles. The molecule has 0 aliphatic carbocycles. The van der Waals surface area contributed by atoms with Gasteiger partial charge in [-0.2, -0.15) is 0 Å². The first-order valence-corrected chi connectivity index (χ1v) is 13.5. The highest BCUT2D eigenvalue weighted by atomic mass is 35.5. The predicted molar refractivity (Wildman–Crippen MR) is 155 cm³/mol. The number of thioether (sulfide) groups is 1. The second kappa shape index (κ2) is 13.2. The number of carbonyl (C=O) groups is 4. The summed E-state index contributed by atoms with van der Waals surface area (Å²) in [5.74, 6) is -1.02. The molecular formula is C29H25ClN2O8S. The van der Waals surface area contributed by atoms with E-state index in [1.165, 1.54) is 25.3 Å². The van der Waals surface area contributed by atoms with Crippen molar-refractivity contribution in [3.8, 4) is 17.2 Å². The lowest BCUT2D eigenvalue weighted by Gasteiger charge is -2.15. The molecule has 212 valence electrons. The smallest absolute Gasteiger partial charge is 0.335 e. The van der Waals surface area contributed by atoms with Gasteiger partial charge >= 0.3 is 5.97 Å². The van der Waals surface area contributed by atoms with Crippen LogP contribution in [0.4, 0.5) is 10.5 Å². The van der Waals surface area contributed by atoms with E-state index in [0.29, 0.717) is 46.7 Å². The average molecular weight is 597 g/mol. The summed E-state index contributed by atoms with van der Waals surface area (Å²) in [5, 5.41) is 11.5. The van der Waals surface area contributed by atoms with Gasteiger partial charge in [-0.3, -0.25) is 19.3 Å². The first-order valence-electron chi connectivity index (χ1n) is 12.3. The van der Waals surface area contributed by atoms with E-state index in [-0.39, 0.29) is 27.8 Å². The number of carboxylic acid groups (broad SMARTS) is 1. The second-order valence-corrected chi connectivity index (χ2v) is 10.0. The summed E-state index contributed by atoms with van der Waals surface area (Å²) in [4.78, 5) is 50.3. The van der Waals surface area contributed by atoms with Gasteiger partial charge in [0.25, 0.3) is 11.1 Å². The van der Waals surface area contributed by atoms with E-state index >= 15 is 0 Å². The van der Waals surface area contributed by atoms with Gasteiger partial charge in [-0.1, -0.05) is 23.7 Å². The Morgan fingerprint density at radius 3 is 2.51 bits per heavy atom. The molecule has 1 heterocycles. The Balaban J connectivity index is 1.47. The summed E-state index contributed by atoms with van der Waals surface area (Å²) in [5.41, 5.74) is 1.72. The number of imide groups is 1. The van der Waals surface area contributed by atoms with Crippen molar-refractivity contribution in [1.29, 1.82) is 0 Å². The van der Waals surface area contributed by atoms with Crippen molar-refractivity contribution in [1.82, 2.24) is 4.90 Å². The van der Waals surface area contributed by atoms with Crippen molar-refractivity contribution in [2.24, 2.45) is 0 Å². The molecule has 3 aromatic carbocycles. The molecule has 4 rings (SSSR count). The van der Waals surface area contributed by atoms with E-state index in [0.717, 1.165) is 4.90 Å². The molecule has 12 heteroatoms. The van der Waals surface area contributed by atoms with Gasteiger partial charge in [-0.05, 0) is 84.4 Å². The highest BCUT2D eigenvalue weighted by molar-refractivity contribution is 8.18. The molecule has 1 aliphatic rings. The molecule has 0 saturated carbocycles. The molecule has 1 fully saturated rings. The van der Waals surface area contributed by atoms with Gasteiger partial charge in [0.05, 0.1) is 29.2 Å². The van der Waals surface area contributed by atoms with Crippen molar-refractivity contribution in [3.63, 3.8) is 0 Å². The van der Waals surface area contributed by atoms with E-state index in [4.69, 9.17) is 25.8 Å². The summed E-state index contributed by atoms with van der Waals surface area (Å²) < 4.78 is 16.7. The van der Waals surface area contributed by atoms with Gasteiger partial charge in [0.15, 0.2) is 11.5 Å². The lowest BCUT2D eigenvalue weighted by molar-refractivity contribution is -0.127. The number of hydrogen-bond acceptors (Lipinski definition) is 8. The minimum Gasteiger partial charge on any atom is -0.497 e. The zero-order valence-corrected chi connectivity index (χ0v) is 23.6. The normalized spacial score (nSPS) is 13.8. The van der Waals surface area contributed by atoms with Gasteiger partial charge in [-0.25, -0.2) is 4.79 Å². The molecule has 3 aromatic rings. The van der Waals surface area contributed by atoms with Gasteiger partial charge < -0.3 is 24.6 Å². The van der Waals surface area contributed by atoms with Gasteiger partial charge in [0.1, 0.15) is 18.9 Å². The summed E-state index contributed by atoms with van der Waals surface area (Å²) in [7, 11) is 1.53. The second-order valence-electron chi connectivity index (χ2n) is 8.60. The lowest BCUT2D eigenvalue weighted by Crippen LogP contribution is -2.36. The SMILES string of the molecule is CCOc1cc(/C=C2/SC(=O)N(CC(=O)Nc3ccc(OC)cc3)C2=O)cc(Cl)c1OCc1cccc(C(=O)O)c1. The third kappa shape index (κ3) is 7.38. The molecule has 0 unspecified atom stereocenters. The Hall–Kier alpha value is -4.48. The number of anilines is 1. The third-order valence-electron chi connectivity index (χ3n) is 5.74. The van der Waals surface area contributed by atoms with Crippen molar-refractivity contribution < 1.29 is 38.5 Å². The van der Waals surface area contributed by atoms with Crippen molar-refractivity contribution >= 4 is 58.1 Å². The summed E-state index contributed by atoms with van der Waals surface area (Å²) in [6, 6.07) is 16.1. The summed E-state index contributed by atoms with van der Waals surface area (Å²) >= 11 is 7.21. The van der Waals surface area contributed by atoms with Crippen LogP contribution in [-0.2, 0) is 16.2 Å². The molecule has 0 radical (unpaired) electrons. The predicted octanol–water partition coefficient (Wildman–Crippen LogP) is 5.70. The maximum absolute atomic E-state index is 13.0. The Bertz CT molecular complexity index is 1520. The van der Waals surface area contributed by atoms with E-state index < -0.39 is 29.6 Å². The fraction of sp³-hybridized carbons (Fsp3) is 0.172. The van der Waals surface area contributed by atoms with Crippen LogP contribution in [0.25, 0.3) is 6.08 Å². The Labute approximate surface area is 244 Å². The molecular weight excluding hydrogens is 572 g/mol. The number of amides is 3. The summed E-state index contributed by atoms with van der Waals surface area (Å²) in [6.07, 6.45) is 1.49. The van der Waals surface area contributed by atoms with Crippen LogP contribution in [0, 0.1) is 0 Å². The number of ether oxygens (including phenoxy) is 3. The number of carbonyl (C=O) groups excluding carboxylic acids is 3. The van der Waals surface area contributed by atoms with E-state index in [1.54, 1.807) is 55.5 Å². The van der Waals surface area contributed by atoms with Gasteiger partial charge in [0.2, 0.25) is 5.91 Å². The zero-order valence-electron chi connectivity index (χ0n) is 22.0. The van der Waals surface area contributed by atoms with Crippen LogP contribution >= 0.6 is 23.4 Å². The third-order valence-corrected chi connectivity index (χ3v) is 6.92. The molecule has 0 atom stereocenters. The van der Waals surface area contributed by atoms with Crippen LogP contribution in [0.15, 0.2) is 65.6 Å². The average Bonchev–Trinajstić information content (AvgIpc) is 3.20. The van der Waals surface area contributed by atoms with Crippen LogP contribution < -0.4 is 19.5 Å². The Morgan fingerprint density at radius 2 is 1.83 bits per heavy atom. The maximum Gasteiger partial charge on any atom is 0.335 e. The lowest BCUT2D eigenvalue weighted by atomic mass is 10.1. The van der Waals surface area contributed by atoms with E-state index in [9.17, 15) is 24.3 Å². The standard InChI is InChI=1S/C29H25ClN2O8S/c1-3-39-23-13-18(12-22(30)26(23)40-16-17-5-4-6-19(11-17)28(35)36)14-24-27(34)32(29(37)41-24)15-25(33)31-20-7-9-21(38-2)10-8-20/h4-14H,3,15-16H2,1-2H3,(H,31,33)(H,35,36)/b24-14+. The van der Waals surface area contributed by atoms with Crippen LogP contribution in [-0.4, -0.2) is 53.3 Å². The highest BCUT2D eigenvalue weighted by Crippen LogP contribution is 2.39. The number of methoxy groups -OCH3 is 1. The number of halogens is 1. The molecule has 0 aromatic heterocycles. The van der Waals surface area contributed by atoms with Gasteiger partial charge in [0, 0.05) is 5.69 Å². The number of benzene rings is 3. The summed E-state index contributed by atoms with van der Waals surface area (Å²) in [6.45, 7) is 1.67. The monoisotopic (exact) mass is 596 g/mol. The topological polar surface area (TPSA) is 131 Å². The number of aromatic carboxylic acids is 1. The highest BCUT2D eigenvalue weighted by Gasteiger charge is 2.36. The molecule has 3 amide bonds. The Morgan fingerprint density at radius 1 is 1.07 bits per heavy atom. The van der Waals surface area contributed by atoms with Gasteiger partial charge in [-0.15, -0.1) is 0 Å². The van der Waals surface area contributed by atoms with Crippen molar-refractivity contribution in [3.05, 3.63) is 87.3 Å². The minimum absolute atomic E-state index is 0.0394.